The number of nitrogens with one attached hydrogen (secondary N) is 2. The Morgan fingerprint density at radius 2 is 1.81 bits per heavy atom. The molecule has 5 heteroatoms. The van der Waals surface area contributed by atoms with Crippen molar-refractivity contribution in [3.63, 3.8) is 0 Å². The van der Waals surface area contributed by atoms with Crippen LogP contribution in [0.1, 0.15) is 39.5 Å². The number of amides is 2. The first-order chi connectivity index (χ1) is 7.56. The highest BCUT2D eigenvalue weighted by molar-refractivity contribution is 6.17. The van der Waals surface area contributed by atoms with Crippen molar-refractivity contribution in [3.8, 4) is 0 Å². The fourth-order valence-electron chi connectivity index (χ4n) is 1.18. The van der Waals surface area contributed by atoms with Gasteiger partial charge in [-0.3, -0.25) is 9.59 Å². The Bertz CT molecular complexity index is 220. The third-order valence-electron chi connectivity index (χ3n) is 1.91. The Labute approximate surface area is 102 Å². The summed E-state index contributed by atoms with van der Waals surface area (Å²) >= 11 is 5.49. The normalized spacial score (nSPS) is 10.2. The monoisotopic (exact) mass is 248 g/mol. The Morgan fingerprint density at radius 1 is 1.12 bits per heavy atom. The van der Waals surface area contributed by atoms with Crippen LogP contribution in [0.5, 0.6) is 0 Å². The predicted molar refractivity (Wildman–Crippen MR) is 65.5 cm³/mol. The molecule has 0 aromatic rings. The minimum Gasteiger partial charge on any atom is -0.356 e. The van der Waals surface area contributed by atoms with Gasteiger partial charge in [0, 0.05) is 31.3 Å². The van der Waals surface area contributed by atoms with E-state index in [0.29, 0.717) is 25.3 Å². The summed E-state index contributed by atoms with van der Waals surface area (Å²) < 4.78 is 0. The molecule has 0 aliphatic heterocycles. The molecule has 2 N–H and O–H groups in total. The molecule has 0 saturated carbocycles. The van der Waals surface area contributed by atoms with Crippen molar-refractivity contribution >= 4 is 23.4 Å². The molecule has 4 nitrogen and oxygen atoms in total. The van der Waals surface area contributed by atoms with Crippen molar-refractivity contribution in [2.24, 2.45) is 0 Å². The van der Waals surface area contributed by atoms with Gasteiger partial charge in [-0.15, -0.1) is 11.6 Å². The number of carbonyl (C=O) groups excluding carboxylic acids is 2. The smallest absolute Gasteiger partial charge is 0.221 e. The fourth-order valence-corrected chi connectivity index (χ4v) is 1.37. The summed E-state index contributed by atoms with van der Waals surface area (Å²) in [5, 5.41) is 5.46. The van der Waals surface area contributed by atoms with Crippen molar-refractivity contribution < 1.29 is 9.59 Å². The highest BCUT2D eigenvalue weighted by atomic mass is 35.5. The van der Waals surface area contributed by atoms with Crippen LogP contribution in [0.3, 0.4) is 0 Å². The van der Waals surface area contributed by atoms with E-state index in [2.05, 4.69) is 10.6 Å². The topological polar surface area (TPSA) is 58.2 Å². The fraction of sp³-hybridized carbons (Fsp3) is 0.818. The summed E-state index contributed by atoms with van der Waals surface area (Å²) in [6, 6.07) is 0.145. The van der Waals surface area contributed by atoms with Crippen LogP contribution >= 0.6 is 11.6 Å². The van der Waals surface area contributed by atoms with Crippen LogP contribution < -0.4 is 10.6 Å². The summed E-state index contributed by atoms with van der Waals surface area (Å²) in [6.45, 7) is 4.21. The maximum Gasteiger partial charge on any atom is 0.221 e. The summed E-state index contributed by atoms with van der Waals surface area (Å²) in [7, 11) is 0. The van der Waals surface area contributed by atoms with E-state index < -0.39 is 0 Å². The number of carbonyl (C=O) groups is 2. The average molecular weight is 249 g/mol. The van der Waals surface area contributed by atoms with E-state index in [9.17, 15) is 9.59 Å². The van der Waals surface area contributed by atoms with Gasteiger partial charge < -0.3 is 10.6 Å². The van der Waals surface area contributed by atoms with E-state index in [0.717, 1.165) is 12.8 Å². The molecule has 0 rings (SSSR count). The minimum absolute atomic E-state index is 0.0116. The number of alkyl halides is 1. The molecule has 0 heterocycles. The lowest BCUT2D eigenvalue weighted by Gasteiger charge is -2.08. The van der Waals surface area contributed by atoms with Crippen molar-refractivity contribution in [1.29, 1.82) is 0 Å². The zero-order valence-electron chi connectivity index (χ0n) is 10.0. The van der Waals surface area contributed by atoms with Crippen LogP contribution in [-0.2, 0) is 9.59 Å². The molecule has 0 unspecified atom stereocenters. The van der Waals surface area contributed by atoms with Gasteiger partial charge in [-0.1, -0.05) is 0 Å². The second kappa shape index (κ2) is 9.46. The number of hydrogen-bond donors (Lipinski definition) is 2. The Kier molecular flexibility index (Phi) is 9.00. The zero-order valence-corrected chi connectivity index (χ0v) is 10.8. The van der Waals surface area contributed by atoms with E-state index >= 15 is 0 Å². The Hall–Kier alpha value is -0.770. The molecule has 0 aliphatic carbocycles. The van der Waals surface area contributed by atoms with Crippen molar-refractivity contribution in [3.05, 3.63) is 0 Å². The van der Waals surface area contributed by atoms with E-state index in [1.165, 1.54) is 0 Å². The molecule has 0 fully saturated rings. The van der Waals surface area contributed by atoms with Gasteiger partial charge in [0.2, 0.25) is 11.8 Å². The second-order valence-corrected chi connectivity index (χ2v) is 4.35. The average Bonchev–Trinajstić information content (AvgIpc) is 2.17. The van der Waals surface area contributed by atoms with Crippen molar-refractivity contribution in [2.45, 2.75) is 45.6 Å². The minimum atomic E-state index is -0.0314. The molecule has 94 valence electrons. The first-order valence-corrected chi connectivity index (χ1v) is 6.21. The lowest BCUT2D eigenvalue weighted by Crippen LogP contribution is -2.34. The lowest BCUT2D eigenvalue weighted by atomic mass is 10.2. The summed E-state index contributed by atoms with van der Waals surface area (Å²) in [5.74, 6) is 0.544. The first kappa shape index (κ1) is 15.2. The molecule has 16 heavy (non-hydrogen) atoms. The van der Waals surface area contributed by atoms with Gasteiger partial charge in [0.05, 0.1) is 0 Å². The van der Waals surface area contributed by atoms with Crippen molar-refractivity contribution in [1.82, 2.24) is 10.6 Å². The Balaban J connectivity index is 3.43. The highest BCUT2D eigenvalue weighted by Gasteiger charge is 2.04. The standard InChI is InChI=1S/C11H21ClN2O2/c1-9(2)14-11(16)6-8-13-10(15)5-3-4-7-12/h9H,3-8H2,1-2H3,(H,13,15)(H,14,16). The van der Waals surface area contributed by atoms with Crippen LogP contribution in [0.15, 0.2) is 0 Å². The third kappa shape index (κ3) is 9.77. The molecule has 0 spiro atoms. The maximum atomic E-state index is 11.2. The SMILES string of the molecule is CC(C)NC(=O)CCNC(=O)CCCCCl. The van der Waals surface area contributed by atoms with Gasteiger partial charge in [-0.2, -0.15) is 0 Å². The molecule has 0 atom stereocenters. The van der Waals surface area contributed by atoms with E-state index in [1.54, 1.807) is 0 Å². The van der Waals surface area contributed by atoms with Crippen LogP contribution in [0.25, 0.3) is 0 Å². The molecule has 0 aliphatic rings. The zero-order chi connectivity index (χ0) is 12.4. The van der Waals surface area contributed by atoms with Crippen LogP contribution in [-0.4, -0.2) is 30.3 Å². The predicted octanol–water partition coefficient (Wildman–Crippen LogP) is 1.43. The molecular formula is C11H21ClN2O2. The first-order valence-electron chi connectivity index (χ1n) is 5.68. The Morgan fingerprint density at radius 3 is 2.38 bits per heavy atom. The van der Waals surface area contributed by atoms with E-state index in [-0.39, 0.29) is 17.9 Å². The molecule has 0 aromatic carbocycles. The van der Waals surface area contributed by atoms with Crippen LogP contribution in [0.4, 0.5) is 0 Å². The summed E-state index contributed by atoms with van der Waals surface area (Å²) in [4.78, 5) is 22.5. The van der Waals surface area contributed by atoms with Crippen LogP contribution in [0, 0.1) is 0 Å². The third-order valence-corrected chi connectivity index (χ3v) is 2.18. The largest absolute Gasteiger partial charge is 0.356 e. The van der Waals surface area contributed by atoms with Gasteiger partial charge >= 0.3 is 0 Å². The molecule has 0 saturated heterocycles. The molecular weight excluding hydrogens is 228 g/mol. The van der Waals surface area contributed by atoms with Gasteiger partial charge in [0.15, 0.2) is 0 Å². The number of halogens is 1. The molecule has 0 bridgehead atoms. The number of unbranched alkanes of at least 4 members (excludes halogenated alkanes) is 1. The molecule has 2 amide bonds. The van der Waals surface area contributed by atoms with Gasteiger partial charge in [-0.05, 0) is 26.7 Å². The quantitative estimate of drug-likeness (QED) is 0.504. The van der Waals surface area contributed by atoms with Crippen LogP contribution in [0.2, 0.25) is 0 Å². The number of hydrogen-bond acceptors (Lipinski definition) is 2. The summed E-state index contributed by atoms with van der Waals surface area (Å²) in [6.07, 6.45) is 2.47. The van der Waals surface area contributed by atoms with Gasteiger partial charge in [0.25, 0.3) is 0 Å². The van der Waals surface area contributed by atoms with Gasteiger partial charge in [0.1, 0.15) is 0 Å². The molecule has 0 radical (unpaired) electrons. The number of rotatable bonds is 8. The van der Waals surface area contributed by atoms with E-state index in [1.807, 2.05) is 13.8 Å². The molecule has 0 aromatic heterocycles. The lowest BCUT2D eigenvalue weighted by molar-refractivity contribution is -0.122. The van der Waals surface area contributed by atoms with Gasteiger partial charge in [-0.25, -0.2) is 0 Å². The van der Waals surface area contributed by atoms with E-state index in [4.69, 9.17) is 11.6 Å². The second-order valence-electron chi connectivity index (χ2n) is 3.97. The highest BCUT2D eigenvalue weighted by Crippen LogP contribution is 1.96. The van der Waals surface area contributed by atoms with Crippen molar-refractivity contribution in [2.75, 3.05) is 12.4 Å². The summed E-state index contributed by atoms with van der Waals surface area (Å²) in [5.41, 5.74) is 0. The maximum absolute atomic E-state index is 11.2.